The van der Waals surface area contributed by atoms with Gasteiger partial charge in [0, 0.05) is 51.8 Å². The molecule has 2 N–H and O–H groups in total. The molecule has 0 spiro atoms. The Balaban J connectivity index is 1.45. The van der Waals surface area contributed by atoms with Crippen LogP contribution in [0.1, 0.15) is 38.7 Å². The lowest BCUT2D eigenvalue weighted by molar-refractivity contribution is -0.130. The third-order valence-electron chi connectivity index (χ3n) is 6.87. The van der Waals surface area contributed by atoms with Gasteiger partial charge in [-0.1, -0.05) is 43.1 Å². The molecule has 0 bridgehead atoms. The second-order valence-corrected chi connectivity index (χ2v) is 10.7. The molecule has 1 aromatic rings. The second-order valence-electron chi connectivity index (χ2n) is 9.92. The monoisotopic (exact) mass is 511 g/mol. The molecule has 1 aromatic carbocycles. The number of hydrogen-bond acceptors (Lipinski definition) is 5. The highest BCUT2D eigenvalue weighted by Crippen LogP contribution is 2.30. The van der Waals surface area contributed by atoms with E-state index in [1.54, 1.807) is 34.1 Å². The minimum Gasteiger partial charge on any atom is -0.392 e. The van der Waals surface area contributed by atoms with Gasteiger partial charge in [0.1, 0.15) is 0 Å². The van der Waals surface area contributed by atoms with Gasteiger partial charge in [-0.3, -0.25) is 14.5 Å². The molecule has 188 valence electrons. The topological polar surface area (TPSA) is 84.3 Å². The van der Waals surface area contributed by atoms with Crippen LogP contribution in [0.25, 0.3) is 6.08 Å². The highest BCUT2D eigenvalue weighted by Gasteiger charge is 2.34. The number of benzene rings is 1. The molecular formula is C25H35Cl2N3O4. The van der Waals surface area contributed by atoms with E-state index in [0.29, 0.717) is 55.7 Å². The molecule has 0 radical (unpaired) electrons. The maximum atomic E-state index is 12.6. The minimum absolute atomic E-state index is 0.00823. The number of nitrogens with zero attached hydrogens (tertiary/aromatic N) is 3. The van der Waals surface area contributed by atoms with Gasteiger partial charge in [0.25, 0.3) is 0 Å². The van der Waals surface area contributed by atoms with E-state index in [2.05, 4.69) is 18.7 Å². The first-order chi connectivity index (χ1) is 16.0. The van der Waals surface area contributed by atoms with E-state index in [4.69, 9.17) is 23.2 Å². The lowest BCUT2D eigenvalue weighted by atomic mass is 9.80. The first-order valence-electron chi connectivity index (χ1n) is 11.8. The van der Waals surface area contributed by atoms with Crippen LogP contribution >= 0.6 is 23.2 Å². The van der Waals surface area contributed by atoms with E-state index in [-0.39, 0.29) is 23.7 Å². The number of likely N-dealkylation sites (tertiary alicyclic amines) is 1. The Hall–Kier alpha value is -1.64. The number of piperidine rings is 1. The maximum absolute atomic E-state index is 12.6. The van der Waals surface area contributed by atoms with Crippen LogP contribution < -0.4 is 0 Å². The summed E-state index contributed by atoms with van der Waals surface area (Å²) >= 11 is 11.9. The lowest BCUT2D eigenvalue weighted by Gasteiger charge is -2.41. The number of aliphatic hydroxyl groups excluding tert-OH is 2. The van der Waals surface area contributed by atoms with Crippen molar-refractivity contribution in [2.45, 2.75) is 45.3 Å². The van der Waals surface area contributed by atoms with Crippen LogP contribution in [0.4, 0.5) is 0 Å². The SMILES string of the molecule is CC1(C)CCN(C[C@H](O)CCN2CCN(C(=O)/C=C/c3ccc(Cl)c(Cl)c3)CCC2=O)CC1O. The lowest BCUT2D eigenvalue weighted by Crippen LogP contribution is -2.50. The average Bonchev–Trinajstić information content (AvgIpc) is 2.97. The van der Waals surface area contributed by atoms with E-state index >= 15 is 0 Å². The zero-order valence-corrected chi connectivity index (χ0v) is 21.4. The zero-order valence-electron chi connectivity index (χ0n) is 19.9. The third kappa shape index (κ3) is 7.43. The van der Waals surface area contributed by atoms with Crippen LogP contribution in [0.2, 0.25) is 10.0 Å². The number of aliphatic hydroxyl groups is 2. The highest BCUT2D eigenvalue weighted by molar-refractivity contribution is 6.42. The van der Waals surface area contributed by atoms with Gasteiger partial charge >= 0.3 is 0 Å². The predicted octanol–water partition coefficient (Wildman–Crippen LogP) is 2.91. The molecule has 7 nitrogen and oxygen atoms in total. The summed E-state index contributed by atoms with van der Waals surface area (Å²) in [6.07, 6.45) is 3.80. The van der Waals surface area contributed by atoms with E-state index in [0.717, 1.165) is 18.5 Å². The van der Waals surface area contributed by atoms with Gasteiger partial charge in [0.15, 0.2) is 0 Å². The van der Waals surface area contributed by atoms with Gasteiger partial charge in [-0.15, -0.1) is 0 Å². The standard InChI is InChI=1S/C25H35Cl2N3O4/c1-25(2)9-12-28(17-22(25)32)16-19(31)7-10-29-13-14-30(11-8-24(29)34)23(33)6-4-18-3-5-20(26)21(27)15-18/h3-6,15,19,22,31-32H,7-14,16-17H2,1-2H3/b6-4+/t19-,22?/m1/s1. The summed E-state index contributed by atoms with van der Waals surface area (Å²) in [5.41, 5.74) is 0.675. The van der Waals surface area contributed by atoms with E-state index < -0.39 is 12.2 Å². The summed E-state index contributed by atoms with van der Waals surface area (Å²) in [5, 5.41) is 21.7. The van der Waals surface area contributed by atoms with Gasteiger partial charge < -0.3 is 20.0 Å². The van der Waals surface area contributed by atoms with Crippen molar-refractivity contribution in [3.8, 4) is 0 Å². The minimum atomic E-state index is -0.573. The van der Waals surface area contributed by atoms with Crippen molar-refractivity contribution in [3.63, 3.8) is 0 Å². The fourth-order valence-electron chi connectivity index (χ4n) is 4.27. The zero-order chi connectivity index (χ0) is 24.9. The Kier molecular flexibility index (Phi) is 9.41. The van der Waals surface area contributed by atoms with Gasteiger partial charge in [-0.25, -0.2) is 0 Å². The summed E-state index contributed by atoms with van der Waals surface area (Å²) in [7, 11) is 0. The third-order valence-corrected chi connectivity index (χ3v) is 7.61. The van der Waals surface area contributed by atoms with Crippen molar-refractivity contribution in [2.24, 2.45) is 5.41 Å². The largest absolute Gasteiger partial charge is 0.392 e. The Morgan fingerprint density at radius 3 is 2.68 bits per heavy atom. The van der Waals surface area contributed by atoms with Crippen molar-refractivity contribution in [3.05, 3.63) is 39.9 Å². The number of hydrogen-bond donors (Lipinski definition) is 2. The van der Waals surface area contributed by atoms with Crippen LogP contribution in [0.3, 0.4) is 0 Å². The van der Waals surface area contributed by atoms with Crippen LogP contribution in [-0.4, -0.2) is 94.7 Å². The summed E-state index contributed by atoms with van der Waals surface area (Å²) in [6.45, 7) is 7.71. The van der Waals surface area contributed by atoms with Gasteiger partial charge in [0.05, 0.1) is 22.3 Å². The van der Waals surface area contributed by atoms with Crippen LogP contribution in [0, 0.1) is 5.41 Å². The van der Waals surface area contributed by atoms with Gasteiger partial charge in [-0.05, 0) is 48.6 Å². The molecule has 1 unspecified atom stereocenters. The highest BCUT2D eigenvalue weighted by atomic mass is 35.5. The Bertz CT molecular complexity index is 908. The quantitative estimate of drug-likeness (QED) is 0.549. The van der Waals surface area contributed by atoms with Crippen molar-refractivity contribution >= 4 is 41.1 Å². The van der Waals surface area contributed by atoms with E-state index in [1.807, 2.05) is 0 Å². The summed E-state index contributed by atoms with van der Waals surface area (Å²) < 4.78 is 0. The Morgan fingerprint density at radius 1 is 1.21 bits per heavy atom. The number of rotatable bonds is 7. The Labute approximate surface area is 211 Å². The summed E-state index contributed by atoms with van der Waals surface area (Å²) in [4.78, 5) is 30.7. The predicted molar refractivity (Wildman–Crippen MR) is 135 cm³/mol. The molecule has 2 saturated heterocycles. The molecule has 34 heavy (non-hydrogen) atoms. The molecule has 9 heteroatoms. The van der Waals surface area contributed by atoms with Crippen molar-refractivity contribution in [1.82, 2.24) is 14.7 Å². The molecule has 2 amide bonds. The second kappa shape index (κ2) is 11.9. The maximum Gasteiger partial charge on any atom is 0.246 e. The first-order valence-corrected chi connectivity index (χ1v) is 12.6. The Morgan fingerprint density at radius 2 is 1.97 bits per heavy atom. The van der Waals surface area contributed by atoms with Crippen LogP contribution in [-0.2, 0) is 9.59 Å². The molecule has 2 heterocycles. The summed E-state index contributed by atoms with van der Waals surface area (Å²) in [5.74, 6) is -0.168. The molecule has 0 aliphatic carbocycles. The van der Waals surface area contributed by atoms with Crippen molar-refractivity contribution in [2.75, 3.05) is 45.8 Å². The molecule has 3 rings (SSSR count). The number of halogens is 2. The van der Waals surface area contributed by atoms with Gasteiger partial charge in [0.2, 0.25) is 11.8 Å². The number of amides is 2. The summed E-state index contributed by atoms with van der Waals surface area (Å²) in [6, 6.07) is 5.15. The number of carbonyl (C=O) groups is 2. The van der Waals surface area contributed by atoms with Crippen LogP contribution in [0.15, 0.2) is 24.3 Å². The van der Waals surface area contributed by atoms with Crippen molar-refractivity contribution in [1.29, 1.82) is 0 Å². The fourth-order valence-corrected chi connectivity index (χ4v) is 4.57. The average molecular weight is 512 g/mol. The number of β-amino-alcohol motifs (C(OH)–C–C–N with tert-alkyl or cyclic N) is 2. The normalized spacial score (nSPS) is 22.8. The molecule has 2 aliphatic rings. The molecule has 2 aliphatic heterocycles. The molecule has 0 aromatic heterocycles. The first kappa shape index (κ1) is 27.0. The molecule has 0 saturated carbocycles. The molecule has 2 atom stereocenters. The van der Waals surface area contributed by atoms with E-state index in [1.165, 1.54) is 6.08 Å². The van der Waals surface area contributed by atoms with E-state index in [9.17, 15) is 19.8 Å². The molecular weight excluding hydrogens is 477 g/mol. The van der Waals surface area contributed by atoms with Crippen LogP contribution in [0.5, 0.6) is 0 Å². The van der Waals surface area contributed by atoms with Crippen molar-refractivity contribution < 1.29 is 19.8 Å². The smallest absolute Gasteiger partial charge is 0.246 e. The number of carbonyl (C=O) groups excluding carboxylic acids is 2. The fraction of sp³-hybridized carbons (Fsp3) is 0.600. The molecule has 2 fully saturated rings. The van der Waals surface area contributed by atoms with Gasteiger partial charge in [-0.2, -0.15) is 0 Å².